The lowest BCUT2D eigenvalue weighted by molar-refractivity contribution is 1.55. The average Bonchev–Trinajstić information content (AvgIpc) is 1.36. The molecule has 2 heteroatoms. The molecule has 0 amide bonds. The van der Waals surface area contributed by atoms with E-state index in [2.05, 4.69) is 12.6 Å². The Hall–Kier alpha value is 0.155. The van der Waals surface area contributed by atoms with Crippen molar-refractivity contribution in [3.05, 3.63) is 10.4 Å². The molecule has 0 spiro atoms. The molecule has 0 N–H and O–H groups in total. The van der Waals surface area contributed by atoms with Gasteiger partial charge in [0.1, 0.15) is 7.85 Å². The van der Waals surface area contributed by atoms with Crippen molar-refractivity contribution < 1.29 is 0 Å². The number of hydrogen-bond acceptors (Lipinski definition) is 1. The lowest BCUT2D eigenvalue weighted by Gasteiger charge is -1.87. The van der Waals surface area contributed by atoms with Crippen LogP contribution in [0.5, 0.6) is 0 Å². The number of hydrogen-bond donors (Lipinski definition) is 1. The SMILES string of the molecule is [B]/C(C)=C(\C)S. The minimum absolute atomic E-state index is 0.790. The Bertz CT molecular complexity index is 57.6. The van der Waals surface area contributed by atoms with Gasteiger partial charge in [0.2, 0.25) is 0 Å². The first-order valence-electron chi connectivity index (χ1n) is 1.76. The van der Waals surface area contributed by atoms with Crippen molar-refractivity contribution in [2.45, 2.75) is 13.8 Å². The summed E-state index contributed by atoms with van der Waals surface area (Å²) >= 11 is 3.95. The van der Waals surface area contributed by atoms with Crippen LogP contribution >= 0.6 is 12.6 Å². The fraction of sp³-hybridized carbons (Fsp3) is 0.500. The first-order valence-corrected chi connectivity index (χ1v) is 2.21. The van der Waals surface area contributed by atoms with E-state index in [1.165, 1.54) is 0 Å². The molecule has 0 aromatic carbocycles. The van der Waals surface area contributed by atoms with Crippen LogP contribution in [0.1, 0.15) is 13.8 Å². The molecule has 0 aromatic heterocycles. The Labute approximate surface area is 45.5 Å². The third-order valence-corrected chi connectivity index (χ3v) is 0.923. The topological polar surface area (TPSA) is 0 Å². The molecule has 32 valence electrons. The molecule has 0 unspecified atom stereocenters. The first kappa shape index (κ1) is 6.15. The molecule has 0 atom stereocenters. The van der Waals surface area contributed by atoms with Crippen molar-refractivity contribution in [3.63, 3.8) is 0 Å². The second-order valence-electron chi connectivity index (χ2n) is 1.27. The van der Waals surface area contributed by atoms with Gasteiger partial charge in [0.15, 0.2) is 0 Å². The number of thiol groups is 1. The predicted octanol–water partition coefficient (Wildman–Crippen LogP) is 1.34. The van der Waals surface area contributed by atoms with E-state index in [4.69, 9.17) is 7.85 Å². The third kappa shape index (κ3) is 2.40. The molecule has 0 nitrogen and oxygen atoms in total. The number of allylic oxidation sites excluding steroid dienone is 2. The Morgan fingerprint density at radius 1 is 1.50 bits per heavy atom. The smallest absolute Gasteiger partial charge is 0.108 e. The normalized spacial score (nSPS) is 13.8. The van der Waals surface area contributed by atoms with Gasteiger partial charge in [-0.2, -0.15) is 0 Å². The molecule has 0 aliphatic rings. The van der Waals surface area contributed by atoms with Crippen molar-refractivity contribution in [1.82, 2.24) is 0 Å². The van der Waals surface area contributed by atoms with Gasteiger partial charge in [-0.05, 0) is 11.8 Å². The van der Waals surface area contributed by atoms with E-state index in [-0.39, 0.29) is 0 Å². The minimum Gasteiger partial charge on any atom is -0.149 e. The van der Waals surface area contributed by atoms with Crippen LogP contribution in [-0.4, -0.2) is 7.85 Å². The van der Waals surface area contributed by atoms with Gasteiger partial charge in [0, 0.05) is 0 Å². The van der Waals surface area contributed by atoms with Crippen LogP contribution in [0.3, 0.4) is 0 Å². The van der Waals surface area contributed by atoms with Crippen LogP contribution in [-0.2, 0) is 0 Å². The second-order valence-corrected chi connectivity index (χ2v) is 1.94. The maximum atomic E-state index is 5.24. The van der Waals surface area contributed by atoms with E-state index in [1.54, 1.807) is 0 Å². The molecule has 0 saturated carbocycles. The molecule has 0 rings (SSSR count). The summed E-state index contributed by atoms with van der Waals surface area (Å²) in [4.78, 5) is 0.898. The molecular formula is C4H7BS. The Morgan fingerprint density at radius 3 is 1.67 bits per heavy atom. The van der Waals surface area contributed by atoms with Crippen LogP contribution < -0.4 is 0 Å². The zero-order valence-electron chi connectivity index (χ0n) is 4.02. The van der Waals surface area contributed by atoms with E-state index < -0.39 is 0 Å². The van der Waals surface area contributed by atoms with Crippen molar-refractivity contribution in [3.8, 4) is 0 Å². The molecule has 0 saturated heterocycles. The molecule has 2 radical (unpaired) electrons. The first-order chi connectivity index (χ1) is 2.64. The van der Waals surface area contributed by atoms with Crippen LogP contribution in [0.2, 0.25) is 0 Å². The van der Waals surface area contributed by atoms with Crippen molar-refractivity contribution in [2.24, 2.45) is 0 Å². The van der Waals surface area contributed by atoms with Crippen molar-refractivity contribution in [2.75, 3.05) is 0 Å². The summed E-state index contributed by atoms with van der Waals surface area (Å²) in [6, 6.07) is 0. The Balaban J connectivity index is 3.68. The highest BCUT2D eigenvalue weighted by atomic mass is 32.1. The van der Waals surface area contributed by atoms with Crippen LogP contribution in [0.15, 0.2) is 10.4 Å². The summed E-state index contributed by atoms with van der Waals surface area (Å²) in [6.45, 7) is 3.68. The maximum absolute atomic E-state index is 5.24. The standard InChI is InChI=1S/C4H7BS/c1-3(5)4(2)6/h6H,1-2H3/b4-3+. The minimum atomic E-state index is 0.790. The van der Waals surface area contributed by atoms with E-state index >= 15 is 0 Å². The average molecular weight is 98.0 g/mol. The van der Waals surface area contributed by atoms with Gasteiger partial charge in [-0.1, -0.05) is 6.92 Å². The van der Waals surface area contributed by atoms with Gasteiger partial charge < -0.3 is 0 Å². The predicted molar refractivity (Wildman–Crippen MR) is 33.1 cm³/mol. The van der Waals surface area contributed by atoms with E-state index in [1.807, 2.05) is 13.8 Å². The molecule has 0 aliphatic carbocycles. The highest BCUT2D eigenvalue weighted by Gasteiger charge is 1.76. The molecule has 0 heterocycles. The third-order valence-electron chi connectivity index (χ3n) is 0.571. The summed E-state index contributed by atoms with van der Waals surface area (Å²) in [5, 5.41) is 0. The highest BCUT2D eigenvalue weighted by molar-refractivity contribution is 7.84. The van der Waals surface area contributed by atoms with Gasteiger partial charge in [-0.15, -0.1) is 18.1 Å². The largest absolute Gasteiger partial charge is 0.149 e. The van der Waals surface area contributed by atoms with Crippen LogP contribution in [0.25, 0.3) is 0 Å². The van der Waals surface area contributed by atoms with E-state index in [0.29, 0.717) is 0 Å². The lowest BCUT2D eigenvalue weighted by atomic mass is 9.98. The molecule has 6 heavy (non-hydrogen) atoms. The monoisotopic (exact) mass is 98.0 g/mol. The van der Waals surface area contributed by atoms with Gasteiger partial charge in [0.05, 0.1) is 0 Å². The van der Waals surface area contributed by atoms with Gasteiger partial charge in [0.25, 0.3) is 0 Å². The number of rotatable bonds is 0. The molecular weight excluding hydrogens is 90.9 g/mol. The second kappa shape index (κ2) is 2.35. The van der Waals surface area contributed by atoms with Crippen LogP contribution in [0, 0.1) is 0 Å². The fourth-order valence-corrected chi connectivity index (χ4v) is 0. The lowest BCUT2D eigenvalue weighted by Crippen LogP contribution is -1.70. The Morgan fingerprint density at radius 2 is 1.67 bits per heavy atom. The van der Waals surface area contributed by atoms with Gasteiger partial charge >= 0.3 is 0 Å². The van der Waals surface area contributed by atoms with Gasteiger partial charge in [-0.3, -0.25) is 0 Å². The summed E-state index contributed by atoms with van der Waals surface area (Å²) in [6.07, 6.45) is 0. The summed E-state index contributed by atoms with van der Waals surface area (Å²) in [5.41, 5.74) is 0.790. The summed E-state index contributed by atoms with van der Waals surface area (Å²) < 4.78 is 0. The fourth-order valence-electron chi connectivity index (χ4n) is 0. The Kier molecular flexibility index (Phi) is 2.41. The maximum Gasteiger partial charge on any atom is 0.108 e. The van der Waals surface area contributed by atoms with Crippen molar-refractivity contribution in [1.29, 1.82) is 0 Å². The van der Waals surface area contributed by atoms with Crippen LogP contribution in [0.4, 0.5) is 0 Å². The zero-order valence-corrected chi connectivity index (χ0v) is 4.92. The van der Waals surface area contributed by atoms with Crippen molar-refractivity contribution >= 4 is 20.5 Å². The molecule has 0 fully saturated rings. The summed E-state index contributed by atoms with van der Waals surface area (Å²) in [5.74, 6) is 0. The molecule has 0 aromatic rings. The summed E-state index contributed by atoms with van der Waals surface area (Å²) in [7, 11) is 5.24. The quantitative estimate of drug-likeness (QED) is 0.343. The highest BCUT2D eigenvalue weighted by Crippen LogP contribution is 2.00. The van der Waals surface area contributed by atoms with E-state index in [0.717, 1.165) is 10.4 Å². The molecule has 0 aliphatic heterocycles. The van der Waals surface area contributed by atoms with Gasteiger partial charge in [-0.25, -0.2) is 0 Å². The zero-order chi connectivity index (χ0) is 5.15. The van der Waals surface area contributed by atoms with E-state index in [9.17, 15) is 0 Å². The molecule has 0 bridgehead atoms.